The van der Waals surface area contributed by atoms with E-state index in [1.807, 2.05) is 19.9 Å². The van der Waals surface area contributed by atoms with Gasteiger partial charge in [0.15, 0.2) is 11.6 Å². The molecule has 100 valence electrons. The Morgan fingerprint density at radius 3 is 2.42 bits per heavy atom. The highest BCUT2D eigenvalue weighted by molar-refractivity contribution is 5.70. The first-order valence-electron chi connectivity index (χ1n) is 6.56. The van der Waals surface area contributed by atoms with Crippen molar-refractivity contribution in [1.29, 1.82) is 0 Å². The predicted octanol–water partition coefficient (Wildman–Crippen LogP) is 1.46. The molecule has 3 rings (SSSR count). The van der Waals surface area contributed by atoms with Crippen molar-refractivity contribution in [2.24, 2.45) is 0 Å². The summed E-state index contributed by atoms with van der Waals surface area (Å²) in [6, 6.07) is 2.01. The zero-order chi connectivity index (χ0) is 13.4. The van der Waals surface area contributed by atoms with Crippen LogP contribution in [0.15, 0.2) is 12.4 Å². The lowest BCUT2D eigenvalue weighted by Crippen LogP contribution is -2.22. The van der Waals surface area contributed by atoms with Crippen LogP contribution in [-0.2, 0) is 0 Å². The number of aryl methyl sites for hydroxylation is 2. The fraction of sp³-hybridized carbons (Fsp3) is 0.462. The molecule has 0 amide bonds. The second-order valence-corrected chi connectivity index (χ2v) is 4.97. The van der Waals surface area contributed by atoms with Crippen LogP contribution >= 0.6 is 0 Å². The molecule has 6 heteroatoms. The number of rotatable bonds is 2. The summed E-state index contributed by atoms with van der Waals surface area (Å²) in [6.07, 6.45) is 3.95. The van der Waals surface area contributed by atoms with E-state index in [1.54, 1.807) is 11.0 Å². The Labute approximate surface area is 112 Å². The third-order valence-electron chi connectivity index (χ3n) is 3.46. The fourth-order valence-corrected chi connectivity index (χ4v) is 2.57. The van der Waals surface area contributed by atoms with Crippen LogP contribution in [0.3, 0.4) is 0 Å². The van der Waals surface area contributed by atoms with Gasteiger partial charge >= 0.3 is 0 Å². The Kier molecular flexibility index (Phi) is 2.85. The molecule has 1 fully saturated rings. The lowest BCUT2D eigenvalue weighted by Gasteiger charge is -2.19. The van der Waals surface area contributed by atoms with Gasteiger partial charge in [0.2, 0.25) is 0 Å². The van der Waals surface area contributed by atoms with Crippen LogP contribution in [0.2, 0.25) is 0 Å². The van der Waals surface area contributed by atoms with Crippen LogP contribution in [-0.4, -0.2) is 32.8 Å². The summed E-state index contributed by atoms with van der Waals surface area (Å²) in [5.41, 5.74) is 8.83. The fourth-order valence-electron chi connectivity index (χ4n) is 2.57. The SMILES string of the molecule is Cc1cc(C)n(-c2ncnc(N3CCCC3)c2N)n1. The van der Waals surface area contributed by atoms with Crippen LogP contribution in [0.1, 0.15) is 24.2 Å². The molecule has 0 radical (unpaired) electrons. The van der Waals surface area contributed by atoms with Crippen molar-refractivity contribution in [1.82, 2.24) is 19.7 Å². The van der Waals surface area contributed by atoms with Gasteiger partial charge in [-0.05, 0) is 32.8 Å². The van der Waals surface area contributed by atoms with E-state index in [9.17, 15) is 0 Å². The van der Waals surface area contributed by atoms with Crippen LogP contribution < -0.4 is 10.6 Å². The molecule has 6 nitrogen and oxygen atoms in total. The summed E-state index contributed by atoms with van der Waals surface area (Å²) < 4.78 is 1.78. The van der Waals surface area contributed by atoms with Gasteiger partial charge in [-0.15, -0.1) is 0 Å². The predicted molar refractivity (Wildman–Crippen MR) is 74.5 cm³/mol. The van der Waals surface area contributed by atoms with E-state index in [2.05, 4.69) is 20.0 Å². The van der Waals surface area contributed by atoms with Crippen LogP contribution in [0.4, 0.5) is 11.5 Å². The Hall–Kier alpha value is -2.11. The Morgan fingerprint density at radius 1 is 1.11 bits per heavy atom. The second kappa shape index (κ2) is 4.53. The third-order valence-corrected chi connectivity index (χ3v) is 3.46. The molecule has 1 saturated heterocycles. The minimum Gasteiger partial charge on any atom is -0.393 e. The largest absolute Gasteiger partial charge is 0.393 e. The average molecular weight is 258 g/mol. The summed E-state index contributed by atoms with van der Waals surface area (Å²) in [5, 5.41) is 4.44. The molecule has 2 aromatic heterocycles. The molecule has 0 unspecified atom stereocenters. The maximum atomic E-state index is 6.25. The molecule has 1 aliphatic heterocycles. The molecule has 2 N–H and O–H groups in total. The van der Waals surface area contributed by atoms with E-state index in [0.29, 0.717) is 11.5 Å². The zero-order valence-corrected chi connectivity index (χ0v) is 11.3. The summed E-state index contributed by atoms with van der Waals surface area (Å²) in [7, 11) is 0. The first kappa shape index (κ1) is 12.0. The molecule has 0 saturated carbocycles. The first-order valence-corrected chi connectivity index (χ1v) is 6.56. The van der Waals surface area contributed by atoms with Crippen molar-refractivity contribution < 1.29 is 0 Å². The smallest absolute Gasteiger partial charge is 0.182 e. The highest BCUT2D eigenvalue weighted by Crippen LogP contribution is 2.28. The van der Waals surface area contributed by atoms with E-state index in [0.717, 1.165) is 30.3 Å². The van der Waals surface area contributed by atoms with Crippen molar-refractivity contribution >= 4 is 11.5 Å². The number of hydrogen-bond acceptors (Lipinski definition) is 5. The van der Waals surface area contributed by atoms with E-state index < -0.39 is 0 Å². The molecule has 3 heterocycles. The lowest BCUT2D eigenvalue weighted by atomic mass is 10.3. The maximum Gasteiger partial charge on any atom is 0.182 e. The highest BCUT2D eigenvalue weighted by atomic mass is 15.3. The van der Waals surface area contributed by atoms with E-state index in [4.69, 9.17) is 5.73 Å². The van der Waals surface area contributed by atoms with E-state index in [-0.39, 0.29) is 0 Å². The quantitative estimate of drug-likeness (QED) is 0.883. The van der Waals surface area contributed by atoms with Crippen LogP contribution in [0, 0.1) is 13.8 Å². The van der Waals surface area contributed by atoms with Crippen molar-refractivity contribution in [3.05, 3.63) is 23.8 Å². The Morgan fingerprint density at radius 2 is 1.79 bits per heavy atom. The van der Waals surface area contributed by atoms with Crippen LogP contribution in [0.25, 0.3) is 5.82 Å². The Balaban J connectivity index is 2.07. The van der Waals surface area contributed by atoms with Gasteiger partial charge in [-0.25, -0.2) is 14.6 Å². The van der Waals surface area contributed by atoms with Gasteiger partial charge in [0, 0.05) is 18.8 Å². The summed E-state index contributed by atoms with van der Waals surface area (Å²) in [4.78, 5) is 10.8. The monoisotopic (exact) mass is 258 g/mol. The number of anilines is 2. The van der Waals surface area contributed by atoms with Crippen molar-refractivity contribution in [3.8, 4) is 5.82 Å². The molecule has 0 atom stereocenters. The first-order chi connectivity index (χ1) is 9.16. The molecule has 2 aromatic rings. The summed E-state index contributed by atoms with van der Waals surface area (Å²) in [6.45, 7) is 5.98. The van der Waals surface area contributed by atoms with Gasteiger partial charge in [0.25, 0.3) is 0 Å². The van der Waals surface area contributed by atoms with E-state index >= 15 is 0 Å². The minimum absolute atomic E-state index is 0.607. The molecule has 1 aliphatic rings. The van der Waals surface area contributed by atoms with Gasteiger partial charge < -0.3 is 10.6 Å². The maximum absolute atomic E-state index is 6.25. The van der Waals surface area contributed by atoms with Gasteiger partial charge in [0.1, 0.15) is 12.0 Å². The summed E-state index contributed by atoms with van der Waals surface area (Å²) >= 11 is 0. The number of nitrogens with zero attached hydrogens (tertiary/aromatic N) is 5. The number of nitrogens with two attached hydrogens (primary N) is 1. The molecule has 0 spiro atoms. The number of hydrogen-bond donors (Lipinski definition) is 1. The molecular weight excluding hydrogens is 240 g/mol. The van der Waals surface area contributed by atoms with Crippen molar-refractivity contribution in [2.75, 3.05) is 23.7 Å². The highest BCUT2D eigenvalue weighted by Gasteiger charge is 2.20. The normalized spacial score (nSPS) is 15.2. The lowest BCUT2D eigenvalue weighted by molar-refractivity contribution is 0.799. The standard InChI is InChI=1S/C13H18N6/c1-9-7-10(2)19(17-9)13-11(14)12(15-8-16-13)18-5-3-4-6-18/h7-8H,3-6,14H2,1-2H3. The molecule has 0 aromatic carbocycles. The third kappa shape index (κ3) is 2.03. The van der Waals surface area contributed by atoms with E-state index in [1.165, 1.54) is 12.8 Å². The van der Waals surface area contributed by atoms with Crippen molar-refractivity contribution in [3.63, 3.8) is 0 Å². The zero-order valence-electron chi connectivity index (χ0n) is 11.3. The minimum atomic E-state index is 0.607. The second-order valence-electron chi connectivity index (χ2n) is 4.97. The molecular formula is C13H18N6. The molecule has 0 aliphatic carbocycles. The van der Waals surface area contributed by atoms with Crippen LogP contribution in [0.5, 0.6) is 0 Å². The average Bonchev–Trinajstić information content (AvgIpc) is 2.99. The number of aromatic nitrogens is 4. The van der Waals surface area contributed by atoms with Crippen molar-refractivity contribution in [2.45, 2.75) is 26.7 Å². The molecule has 0 bridgehead atoms. The van der Waals surface area contributed by atoms with Gasteiger partial charge in [-0.2, -0.15) is 5.10 Å². The Bertz CT molecular complexity index is 597. The number of nitrogen functional groups attached to an aromatic ring is 1. The summed E-state index contributed by atoms with van der Waals surface area (Å²) in [5.74, 6) is 1.50. The molecule has 19 heavy (non-hydrogen) atoms. The van der Waals surface area contributed by atoms with Gasteiger partial charge in [0.05, 0.1) is 5.69 Å². The topological polar surface area (TPSA) is 72.9 Å². The van der Waals surface area contributed by atoms with Gasteiger partial charge in [-0.1, -0.05) is 0 Å². The van der Waals surface area contributed by atoms with Gasteiger partial charge in [-0.3, -0.25) is 0 Å².